The van der Waals surface area contributed by atoms with Crippen LogP contribution in [0.2, 0.25) is 0 Å². The number of hydrogen-bond donors (Lipinski definition) is 1. The van der Waals surface area contributed by atoms with Gasteiger partial charge >= 0.3 is 0 Å². The van der Waals surface area contributed by atoms with Crippen LogP contribution < -0.4 is 10.1 Å². The predicted octanol–water partition coefficient (Wildman–Crippen LogP) is 2.69. The molecule has 1 heterocycles. The van der Waals surface area contributed by atoms with Gasteiger partial charge in [0, 0.05) is 24.8 Å². The fraction of sp³-hybridized carbons (Fsp3) is 0.267. The van der Waals surface area contributed by atoms with Gasteiger partial charge in [0.05, 0.1) is 7.11 Å². The highest BCUT2D eigenvalue weighted by atomic mass is 16.5. The van der Waals surface area contributed by atoms with Gasteiger partial charge in [-0.1, -0.05) is 30.3 Å². The molecule has 94 valence electrons. The smallest absolute Gasteiger partial charge is 0.217 e. The minimum Gasteiger partial charge on any atom is -0.481 e. The summed E-state index contributed by atoms with van der Waals surface area (Å²) in [6.45, 7) is 3.73. The lowest BCUT2D eigenvalue weighted by Crippen LogP contribution is -2.14. The number of nitrogens with one attached hydrogen (secondary N) is 1. The third kappa shape index (κ3) is 3.08. The van der Waals surface area contributed by atoms with Crippen molar-refractivity contribution < 1.29 is 4.74 Å². The third-order valence-corrected chi connectivity index (χ3v) is 2.94. The second kappa shape index (κ2) is 6.17. The molecule has 0 fully saturated rings. The number of pyridine rings is 1. The van der Waals surface area contributed by atoms with Gasteiger partial charge in [-0.2, -0.15) is 0 Å². The molecule has 0 radical (unpaired) electrons. The maximum atomic E-state index is 5.22. The zero-order valence-electron chi connectivity index (χ0n) is 10.8. The second-order valence-corrected chi connectivity index (χ2v) is 4.20. The van der Waals surface area contributed by atoms with E-state index in [1.807, 2.05) is 12.1 Å². The Hall–Kier alpha value is -1.87. The van der Waals surface area contributed by atoms with Crippen molar-refractivity contribution in [3.05, 3.63) is 59.3 Å². The first-order chi connectivity index (χ1) is 8.81. The molecule has 18 heavy (non-hydrogen) atoms. The number of hydrogen-bond acceptors (Lipinski definition) is 3. The third-order valence-electron chi connectivity index (χ3n) is 2.94. The zero-order valence-corrected chi connectivity index (χ0v) is 10.8. The van der Waals surface area contributed by atoms with Crippen LogP contribution in [0.1, 0.15) is 16.7 Å². The normalized spacial score (nSPS) is 10.3. The number of nitrogens with zero attached hydrogens (tertiary/aromatic N) is 1. The van der Waals surface area contributed by atoms with Crippen LogP contribution in [-0.4, -0.2) is 12.1 Å². The first-order valence-electron chi connectivity index (χ1n) is 6.04. The number of methoxy groups -OCH3 is 1. The van der Waals surface area contributed by atoms with Gasteiger partial charge in [0.1, 0.15) is 0 Å². The summed E-state index contributed by atoms with van der Waals surface area (Å²) in [4.78, 5) is 4.18. The van der Waals surface area contributed by atoms with Crippen LogP contribution in [0.15, 0.2) is 42.6 Å². The van der Waals surface area contributed by atoms with Gasteiger partial charge in [0.2, 0.25) is 5.88 Å². The number of rotatable bonds is 5. The lowest BCUT2D eigenvalue weighted by molar-refractivity contribution is 0.390. The number of aryl methyl sites for hydroxylation is 1. The Balaban J connectivity index is 1.95. The topological polar surface area (TPSA) is 34.1 Å². The van der Waals surface area contributed by atoms with Crippen LogP contribution in [0.4, 0.5) is 0 Å². The van der Waals surface area contributed by atoms with Crippen molar-refractivity contribution in [2.75, 3.05) is 7.11 Å². The van der Waals surface area contributed by atoms with E-state index < -0.39 is 0 Å². The molecular weight excluding hydrogens is 224 g/mol. The monoisotopic (exact) mass is 242 g/mol. The van der Waals surface area contributed by atoms with Crippen LogP contribution in [0.5, 0.6) is 5.88 Å². The van der Waals surface area contributed by atoms with Gasteiger partial charge in [0.25, 0.3) is 0 Å². The summed E-state index contributed by atoms with van der Waals surface area (Å²) < 4.78 is 5.22. The summed E-state index contributed by atoms with van der Waals surface area (Å²) in [5, 5.41) is 3.41. The highest BCUT2D eigenvalue weighted by molar-refractivity contribution is 5.27. The highest BCUT2D eigenvalue weighted by Gasteiger charge is 2.03. The lowest BCUT2D eigenvalue weighted by Gasteiger charge is -2.09. The molecule has 0 unspecified atom stereocenters. The Morgan fingerprint density at radius 2 is 1.78 bits per heavy atom. The molecule has 2 rings (SSSR count). The van der Waals surface area contributed by atoms with Gasteiger partial charge < -0.3 is 10.1 Å². The van der Waals surface area contributed by atoms with E-state index in [1.54, 1.807) is 13.3 Å². The van der Waals surface area contributed by atoms with Crippen molar-refractivity contribution in [2.45, 2.75) is 20.0 Å². The van der Waals surface area contributed by atoms with E-state index in [-0.39, 0.29) is 0 Å². The fourth-order valence-corrected chi connectivity index (χ4v) is 1.88. The summed E-state index contributed by atoms with van der Waals surface area (Å²) in [7, 11) is 1.65. The molecule has 0 saturated heterocycles. The minimum absolute atomic E-state index is 0.690. The van der Waals surface area contributed by atoms with Gasteiger partial charge in [-0.25, -0.2) is 4.98 Å². The average Bonchev–Trinajstić information content (AvgIpc) is 2.41. The summed E-state index contributed by atoms with van der Waals surface area (Å²) in [5.41, 5.74) is 3.71. The Labute approximate surface area is 108 Å². The number of aromatic nitrogens is 1. The quantitative estimate of drug-likeness (QED) is 0.875. The first-order valence-corrected chi connectivity index (χ1v) is 6.04. The lowest BCUT2D eigenvalue weighted by atomic mass is 10.1. The predicted molar refractivity (Wildman–Crippen MR) is 72.5 cm³/mol. The molecule has 1 aromatic carbocycles. The van der Waals surface area contributed by atoms with E-state index in [0.717, 1.165) is 18.7 Å². The van der Waals surface area contributed by atoms with E-state index in [2.05, 4.69) is 41.5 Å². The molecule has 0 amide bonds. The molecule has 3 nitrogen and oxygen atoms in total. The van der Waals surface area contributed by atoms with Crippen molar-refractivity contribution >= 4 is 0 Å². The largest absolute Gasteiger partial charge is 0.481 e. The fourth-order valence-electron chi connectivity index (χ4n) is 1.88. The van der Waals surface area contributed by atoms with Crippen LogP contribution >= 0.6 is 0 Å². The summed E-state index contributed by atoms with van der Waals surface area (Å²) in [6, 6.07) is 12.3. The van der Waals surface area contributed by atoms with Gasteiger partial charge in [-0.05, 0) is 24.1 Å². The molecular formula is C15H18N2O. The van der Waals surface area contributed by atoms with Crippen molar-refractivity contribution in [3.8, 4) is 5.88 Å². The molecule has 0 saturated carbocycles. The Morgan fingerprint density at radius 1 is 1.06 bits per heavy atom. The van der Waals surface area contributed by atoms with E-state index in [9.17, 15) is 0 Å². The van der Waals surface area contributed by atoms with Crippen molar-refractivity contribution in [3.63, 3.8) is 0 Å². The Kier molecular flexibility index (Phi) is 4.31. The van der Waals surface area contributed by atoms with E-state index in [1.165, 1.54) is 11.1 Å². The minimum atomic E-state index is 0.690. The molecule has 0 aliphatic carbocycles. The summed E-state index contributed by atoms with van der Waals surface area (Å²) in [6.07, 6.45) is 1.74. The Bertz CT molecular complexity index is 511. The van der Waals surface area contributed by atoms with E-state index in [0.29, 0.717) is 5.88 Å². The van der Waals surface area contributed by atoms with Crippen molar-refractivity contribution in [1.29, 1.82) is 0 Å². The maximum Gasteiger partial charge on any atom is 0.217 e. The first kappa shape index (κ1) is 12.6. The zero-order chi connectivity index (χ0) is 12.8. The van der Waals surface area contributed by atoms with Gasteiger partial charge in [-0.15, -0.1) is 0 Å². The van der Waals surface area contributed by atoms with Crippen LogP contribution in [0, 0.1) is 6.92 Å². The Morgan fingerprint density at radius 3 is 2.56 bits per heavy atom. The molecule has 0 bridgehead atoms. The van der Waals surface area contributed by atoms with Gasteiger partial charge in [0.15, 0.2) is 0 Å². The summed E-state index contributed by atoms with van der Waals surface area (Å²) in [5.74, 6) is 0.690. The van der Waals surface area contributed by atoms with E-state index in [4.69, 9.17) is 4.74 Å². The summed E-state index contributed by atoms with van der Waals surface area (Å²) >= 11 is 0. The molecule has 2 aromatic rings. The van der Waals surface area contributed by atoms with E-state index >= 15 is 0 Å². The van der Waals surface area contributed by atoms with Crippen LogP contribution in [0.3, 0.4) is 0 Å². The molecule has 1 aromatic heterocycles. The number of ether oxygens (including phenoxy) is 1. The molecule has 0 spiro atoms. The average molecular weight is 242 g/mol. The standard InChI is InChI=1S/C15H18N2O/c1-12-6-3-4-7-13(12)10-16-11-14-8-5-9-17-15(14)18-2/h3-9,16H,10-11H2,1-2H3. The molecule has 0 aliphatic heterocycles. The number of benzene rings is 1. The highest BCUT2D eigenvalue weighted by Crippen LogP contribution is 2.13. The SMILES string of the molecule is COc1ncccc1CNCc1ccccc1C. The molecule has 0 aliphatic rings. The van der Waals surface area contributed by atoms with Crippen LogP contribution in [0.25, 0.3) is 0 Å². The van der Waals surface area contributed by atoms with Crippen LogP contribution in [-0.2, 0) is 13.1 Å². The molecule has 3 heteroatoms. The van der Waals surface area contributed by atoms with Crippen molar-refractivity contribution in [2.24, 2.45) is 0 Å². The molecule has 0 atom stereocenters. The van der Waals surface area contributed by atoms with Gasteiger partial charge in [-0.3, -0.25) is 0 Å². The second-order valence-electron chi connectivity index (χ2n) is 4.20. The molecule has 1 N–H and O–H groups in total. The van der Waals surface area contributed by atoms with Crippen molar-refractivity contribution in [1.82, 2.24) is 10.3 Å². The maximum absolute atomic E-state index is 5.22.